The van der Waals surface area contributed by atoms with Crippen molar-refractivity contribution < 1.29 is 14.5 Å². The van der Waals surface area contributed by atoms with Crippen molar-refractivity contribution in [2.45, 2.75) is 32.9 Å². The number of hydrogen-bond acceptors (Lipinski definition) is 4. The minimum atomic E-state index is -0.623. The van der Waals surface area contributed by atoms with Gasteiger partial charge in [0.2, 0.25) is 6.54 Å². The lowest BCUT2D eigenvalue weighted by Crippen LogP contribution is -2.27. The van der Waals surface area contributed by atoms with E-state index in [2.05, 4.69) is 5.32 Å². The molecule has 0 atom stereocenters. The summed E-state index contributed by atoms with van der Waals surface area (Å²) in [7, 11) is 0. The summed E-state index contributed by atoms with van der Waals surface area (Å²) in [6.45, 7) is 4.83. The summed E-state index contributed by atoms with van der Waals surface area (Å²) in [6.07, 6.45) is -0.623. The van der Waals surface area contributed by atoms with Crippen LogP contribution in [0.15, 0.2) is 18.2 Å². The number of nitrogens with zero attached hydrogens (tertiary/aromatic N) is 1. The molecule has 1 aromatic carbocycles. The number of nitro groups is 1. The smallest absolute Gasteiger partial charge is 0.412 e. The second-order valence-electron chi connectivity index (χ2n) is 4.92. The van der Waals surface area contributed by atoms with Gasteiger partial charge < -0.3 is 4.74 Å². The van der Waals surface area contributed by atoms with E-state index in [1.807, 2.05) is 0 Å². The topological polar surface area (TPSA) is 81.5 Å². The van der Waals surface area contributed by atoms with Crippen LogP contribution in [-0.4, -0.2) is 16.6 Å². The van der Waals surface area contributed by atoms with Crippen molar-refractivity contribution in [3.63, 3.8) is 0 Å². The number of halogens is 1. The molecule has 0 bridgehead atoms. The van der Waals surface area contributed by atoms with Crippen molar-refractivity contribution >= 4 is 23.4 Å². The second kappa shape index (κ2) is 5.88. The number of rotatable bonds is 3. The Morgan fingerprint density at radius 3 is 2.63 bits per heavy atom. The van der Waals surface area contributed by atoms with Gasteiger partial charge in [0.15, 0.2) is 0 Å². The molecule has 1 N–H and O–H groups in total. The van der Waals surface area contributed by atoms with Crippen LogP contribution in [0.3, 0.4) is 0 Å². The summed E-state index contributed by atoms with van der Waals surface area (Å²) in [5.41, 5.74) is 0.121. The van der Waals surface area contributed by atoms with Crippen molar-refractivity contribution in [2.24, 2.45) is 0 Å². The van der Waals surface area contributed by atoms with Gasteiger partial charge in [-0.2, -0.15) is 0 Å². The van der Waals surface area contributed by atoms with E-state index in [0.29, 0.717) is 11.3 Å². The van der Waals surface area contributed by atoms with Gasteiger partial charge in [0.05, 0.1) is 5.02 Å². The van der Waals surface area contributed by atoms with E-state index in [1.54, 1.807) is 26.8 Å². The highest BCUT2D eigenvalue weighted by atomic mass is 35.5. The van der Waals surface area contributed by atoms with Gasteiger partial charge in [-0.05, 0) is 39.0 Å². The number of anilines is 1. The highest BCUT2D eigenvalue weighted by molar-refractivity contribution is 6.31. The Hall–Kier alpha value is -1.82. The molecule has 104 valence electrons. The molecule has 19 heavy (non-hydrogen) atoms. The molecule has 1 aromatic rings. The molecule has 0 aliphatic heterocycles. The average Bonchev–Trinajstić information content (AvgIpc) is 2.19. The summed E-state index contributed by atoms with van der Waals surface area (Å²) in [5.74, 6) is 0. The molecule has 0 unspecified atom stereocenters. The van der Waals surface area contributed by atoms with Gasteiger partial charge in [0, 0.05) is 16.2 Å². The monoisotopic (exact) mass is 286 g/mol. The Labute approximate surface area is 115 Å². The van der Waals surface area contributed by atoms with Crippen molar-refractivity contribution in [1.82, 2.24) is 0 Å². The molecule has 1 amide bonds. The first-order valence-corrected chi connectivity index (χ1v) is 5.95. The molecule has 7 heteroatoms. The zero-order valence-corrected chi connectivity index (χ0v) is 11.7. The zero-order chi connectivity index (χ0) is 14.6. The summed E-state index contributed by atoms with van der Waals surface area (Å²) >= 11 is 5.83. The maximum atomic E-state index is 11.5. The molecule has 0 aromatic heterocycles. The van der Waals surface area contributed by atoms with Crippen molar-refractivity contribution in [1.29, 1.82) is 0 Å². The van der Waals surface area contributed by atoms with Crippen LogP contribution >= 0.6 is 11.6 Å². The van der Waals surface area contributed by atoms with E-state index in [9.17, 15) is 14.9 Å². The maximum Gasteiger partial charge on any atom is 0.412 e. The second-order valence-corrected chi connectivity index (χ2v) is 5.33. The van der Waals surface area contributed by atoms with Crippen LogP contribution < -0.4 is 5.32 Å². The van der Waals surface area contributed by atoms with Crippen LogP contribution in [0.2, 0.25) is 5.02 Å². The molecule has 0 spiro atoms. The number of nitrogens with one attached hydrogen (secondary N) is 1. The normalized spacial score (nSPS) is 10.9. The fraction of sp³-hybridized carbons (Fsp3) is 0.417. The van der Waals surface area contributed by atoms with Crippen LogP contribution in [0.4, 0.5) is 10.5 Å². The molecule has 0 radical (unpaired) electrons. The average molecular weight is 287 g/mol. The molecule has 6 nitrogen and oxygen atoms in total. The number of hydrogen-bond donors (Lipinski definition) is 1. The quantitative estimate of drug-likeness (QED) is 0.681. The summed E-state index contributed by atoms with van der Waals surface area (Å²) in [4.78, 5) is 21.5. The number of carbonyl (C=O) groups excluding carboxylic acids is 1. The van der Waals surface area contributed by atoms with Crippen LogP contribution in [0.1, 0.15) is 26.3 Å². The Bertz CT molecular complexity index is 497. The fourth-order valence-electron chi connectivity index (χ4n) is 1.33. The molecular formula is C12H15ClN2O4. The summed E-state index contributed by atoms with van der Waals surface area (Å²) < 4.78 is 5.08. The Morgan fingerprint density at radius 2 is 2.11 bits per heavy atom. The minimum Gasteiger partial charge on any atom is -0.444 e. The first-order chi connectivity index (χ1) is 8.67. The van der Waals surface area contributed by atoms with Gasteiger partial charge in [0.1, 0.15) is 5.60 Å². The Morgan fingerprint density at radius 1 is 1.47 bits per heavy atom. The third-order valence-electron chi connectivity index (χ3n) is 1.99. The van der Waals surface area contributed by atoms with Crippen molar-refractivity contribution in [3.05, 3.63) is 38.9 Å². The van der Waals surface area contributed by atoms with E-state index in [1.165, 1.54) is 12.1 Å². The van der Waals surface area contributed by atoms with E-state index < -0.39 is 23.2 Å². The van der Waals surface area contributed by atoms with Gasteiger partial charge in [-0.3, -0.25) is 15.4 Å². The molecule has 0 fully saturated rings. The molecular weight excluding hydrogens is 272 g/mol. The third kappa shape index (κ3) is 5.56. The largest absolute Gasteiger partial charge is 0.444 e. The lowest BCUT2D eigenvalue weighted by Gasteiger charge is -2.19. The Kier molecular flexibility index (Phi) is 4.72. The van der Waals surface area contributed by atoms with Crippen molar-refractivity contribution in [3.8, 4) is 0 Å². The third-order valence-corrected chi connectivity index (χ3v) is 2.36. The van der Waals surface area contributed by atoms with Gasteiger partial charge in [-0.15, -0.1) is 0 Å². The lowest BCUT2D eigenvalue weighted by molar-refractivity contribution is -0.496. The fourth-order valence-corrected chi connectivity index (χ4v) is 1.51. The SMILES string of the molecule is CC(C)(C)OC(=O)Nc1ccc(Cl)c(C[N+](=O)[O-])c1. The predicted molar refractivity (Wildman–Crippen MR) is 72.0 cm³/mol. The van der Waals surface area contributed by atoms with Crippen LogP contribution in [0, 0.1) is 10.1 Å². The minimum absolute atomic E-state index is 0.284. The van der Waals surface area contributed by atoms with Crippen LogP contribution in [-0.2, 0) is 11.3 Å². The summed E-state index contributed by atoms with van der Waals surface area (Å²) in [5, 5.41) is 13.3. The highest BCUT2D eigenvalue weighted by Gasteiger charge is 2.17. The standard InChI is InChI=1S/C12H15ClN2O4/c1-12(2,3)19-11(16)14-9-4-5-10(13)8(6-9)7-15(17)18/h4-6H,7H2,1-3H3,(H,14,16). The van der Waals surface area contributed by atoms with E-state index in [-0.39, 0.29) is 5.02 Å². The van der Waals surface area contributed by atoms with Gasteiger partial charge in [-0.25, -0.2) is 4.79 Å². The van der Waals surface area contributed by atoms with E-state index in [4.69, 9.17) is 16.3 Å². The first-order valence-electron chi connectivity index (χ1n) is 5.57. The number of benzene rings is 1. The molecule has 1 rings (SSSR count). The Balaban J connectivity index is 2.79. The molecule has 0 aliphatic rings. The number of ether oxygens (including phenoxy) is 1. The number of amides is 1. The molecule has 0 saturated carbocycles. The predicted octanol–water partition coefficient (Wildman–Crippen LogP) is 3.46. The zero-order valence-electron chi connectivity index (χ0n) is 10.9. The van der Waals surface area contributed by atoms with Crippen LogP contribution in [0.5, 0.6) is 0 Å². The maximum absolute atomic E-state index is 11.5. The van der Waals surface area contributed by atoms with Gasteiger partial charge in [-0.1, -0.05) is 11.6 Å². The molecule has 0 saturated heterocycles. The van der Waals surface area contributed by atoms with E-state index >= 15 is 0 Å². The van der Waals surface area contributed by atoms with Gasteiger partial charge >= 0.3 is 6.09 Å². The molecule has 0 aliphatic carbocycles. The lowest BCUT2D eigenvalue weighted by atomic mass is 10.2. The van der Waals surface area contributed by atoms with Crippen LogP contribution in [0.25, 0.3) is 0 Å². The highest BCUT2D eigenvalue weighted by Crippen LogP contribution is 2.21. The van der Waals surface area contributed by atoms with E-state index in [0.717, 1.165) is 0 Å². The van der Waals surface area contributed by atoms with Crippen molar-refractivity contribution in [2.75, 3.05) is 5.32 Å². The number of carbonyl (C=O) groups is 1. The van der Waals surface area contributed by atoms with Gasteiger partial charge in [0.25, 0.3) is 0 Å². The first kappa shape index (κ1) is 15.2. The summed E-state index contributed by atoms with van der Waals surface area (Å²) in [6, 6.07) is 4.50. The molecule has 0 heterocycles.